The molecule has 2 heterocycles. The predicted octanol–water partition coefficient (Wildman–Crippen LogP) is 4.31. The lowest BCUT2D eigenvalue weighted by molar-refractivity contribution is 0.154. The lowest BCUT2D eigenvalue weighted by Crippen LogP contribution is -2.37. The van der Waals surface area contributed by atoms with Crippen LogP contribution < -0.4 is 4.74 Å². The van der Waals surface area contributed by atoms with Gasteiger partial charge < -0.3 is 4.74 Å². The Morgan fingerprint density at radius 1 is 0.935 bits per heavy atom. The molecule has 31 heavy (non-hydrogen) atoms. The van der Waals surface area contributed by atoms with E-state index in [0.717, 1.165) is 29.8 Å². The van der Waals surface area contributed by atoms with Crippen molar-refractivity contribution in [3.05, 3.63) is 95.1 Å². The van der Waals surface area contributed by atoms with Crippen LogP contribution in [0, 0.1) is 6.92 Å². The van der Waals surface area contributed by atoms with Crippen LogP contribution in [0.4, 0.5) is 0 Å². The van der Waals surface area contributed by atoms with Gasteiger partial charge in [0, 0.05) is 13.1 Å². The summed E-state index contributed by atoms with van der Waals surface area (Å²) in [5, 5.41) is 0. The molecule has 1 saturated heterocycles. The molecule has 0 spiro atoms. The number of aryl methyl sites for hydroxylation is 1. The maximum atomic E-state index is 13.8. The normalized spacial score (nSPS) is 21.5. The average Bonchev–Trinajstić information content (AvgIpc) is 3.20. The van der Waals surface area contributed by atoms with Crippen molar-refractivity contribution in [2.75, 3.05) is 20.2 Å². The molecule has 0 saturated carbocycles. The van der Waals surface area contributed by atoms with Gasteiger partial charge in [-0.3, -0.25) is 4.90 Å². The number of rotatable bonds is 4. The summed E-state index contributed by atoms with van der Waals surface area (Å²) in [7, 11) is -2.03. The second kappa shape index (κ2) is 7.79. The second-order valence-electron chi connectivity index (χ2n) is 8.24. The number of ether oxygens (including phenoxy) is 1. The van der Waals surface area contributed by atoms with Crippen molar-refractivity contribution in [3.63, 3.8) is 0 Å². The molecular weight excluding hydrogens is 408 g/mol. The smallest absolute Gasteiger partial charge is 0.244 e. The number of sulfonamides is 1. The van der Waals surface area contributed by atoms with Crippen LogP contribution in [-0.2, 0) is 16.4 Å². The van der Waals surface area contributed by atoms with Crippen LogP contribution in [0.1, 0.15) is 34.5 Å². The molecule has 0 N–H and O–H groups in total. The van der Waals surface area contributed by atoms with Crippen LogP contribution in [0.2, 0.25) is 0 Å². The molecule has 5 rings (SSSR count). The number of methoxy groups -OCH3 is 1. The van der Waals surface area contributed by atoms with E-state index in [0.29, 0.717) is 11.4 Å². The highest BCUT2D eigenvalue weighted by atomic mass is 32.2. The summed E-state index contributed by atoms with van der Waals surface area (Å²) in [6, 6.07) is 23.3. The van der Waals surface area contributed by atoms with Crippen molar-refractivity contribution in [2.45, 2.75) is 30.4 Å². The molecule has 0 unspecified atom stereocenters. The van der Waals surface area contributed by atoms with Gasteiger partial charge in [0.15, 0.2) is 0 Å². The lowest BCUT2D eigenvalue weighted by atomic mass is 9.93. The zero-order valence-electron chi connectivity index (χ0n) is 17.7. The molecule has 160 valence electrons. The zero-order chi connectivity index (χ0) is 21.6. The summed E-state index contributed by atoms with van der Waals surface area (Å²) in [5.74, 6) is 0.759. The fourth-order valence-electron chi connectivity index (χ4n) is 4.81. The minimum Gasteiger partial charge on any atom is -0.497 e. The molecule has 0 aromatic heterocycles. The quantitative estimate of drug-likeness (QED) is 0.614. The molecule has 0 radical (unpaired) electrons. The van der Waals surface area contributed by atoms with Gasteiger partial charge in [0.05, 0.1) is 18.0 Å². The first-order valence-corrected chi connectivity index (χ1v) is 12.0. The SMILES string of the molecule is COc1ccc([C@@H]2N3CCc4ccccc4[C@H]3CN2S(=O)(=O)c2ccc(C)cc2)cc1. The Kier molecular flexibility index (Phi) is 5.08. The lowest BCUT2D eigenvalue weighted by Gasteiger charge is -2.35. The number of nitrogens with zero attached hydrogens (tertiary/aromatic N) is 2. The fourth-order valence-corrected chi connectivity index (χ4v) is 6.41. The van der Waals surface area contributed by atoms with Gasteiger partial charge in [0.2, 0.25) is 10.0 Å². The van der Waals surface area contributed by atoms with Gasteiger partial charge in [-0.25, -0.2) is 8.42 Å². The van der Waals surface area contributed by atoms with E-state index in [4.69, 9.17) is 4.74 Å². The Labute approximate surface area is 183 Å². The first-order chi connectivity index (χ1) is 15.0. The van der Waals surface area contributed by atoms with Crippen LogP contribution in [-0.4, -0.2) is 37.8 Å². The molecule has 5 nitrogen and oxygen atoms in total. The maximum absolute atomic E-state index is 13.8. The Bertz CT molecular complexity index is 1190. The van der Waals surface area contributed by atoms with E-state index >= 15 is 0 Å². The number of hydrogen-bond acceptors (Lipinski definition) is 4. The molecule has 2 aliphatic rings. The summed E-state index contributed by atoms with van der Waals surface area (Å²) in [4.78, 5) is 2.67. The average molecular weight is 435 g/mol. The van der Waals surface area contributed by atoms with Crippen LogP contribution in [0.5, 0.6) is 5.75 Å². The van der Waals surface area contributed by atoms with E-state index in [-0.39, 0.29) is 12.2 Å². The Morgan fingerprint density at radius 3 is 2.35 bits per heavy atom. The molecule has 1 fully saturated rings. The van der Waals surface area contributed by atoms with Crippen molar-refractivity contribution in [1.82, 2.24) is 9.21 Å². The van der Waals surface area contributed by atoms with Gasteiger partial charge >= 0.3 is 0 Å². The van der Waals surface area contributed by atoms with Crippen LogP contribution in [0.25, 0.3) is 0 Å². The van der Waals surface area contributed by atoms with E-state index < -0.39 is 10.0 Å². The van der Waals surface area contributed by atoms with Crippen LogP contribution in [0.3, 0.4) is 0 Å². The monoisotopic (exact) mass is 434 g/mol. The zero-order valence-corrected chi connectivity index (χ0v) is 18.5. The second-order valence-corrected chi connectivity index (χ2v) is 10.1. The van der Waals surface area contributed by atoms with Gasteiger partial charge in [-0.2, -0.15) is 4.31 Å². The largest absolute Gasteiger partial charge is 0.497 e. The summed E-state index contributed by atoms with van der Waals surface area (Å²) in [5.41, 5.74) is 4.54. The van der Waals surface area contributed by atoms with Crippen molar-refractivity contribution < 1.29 is 13.2 Å². The third-order valence-corrected chi connectivity index (χ3v) is 8.27. The van der Waals surface area contributed by atoms with Gasteiger partial charge in [-0.1, -0.05) is 54.1 Å². The highest BCUT2D eigenvalue weighted by Gasteiger charge is 2.48. The highest BCUT2D eigenvalue weighted by molar-refractivity contribution is 7.89. The molecule has 2 aliphatic heterocycles. The minimum atomic E-state index is -3.67. The summed E-state index contributed by atoms with van der Waals surface area (Å²) in [6.07, 6.45) is 0.563. The van der Waals surface area contributed by atoms with Gasteiger partial charge in [0.25, 0.3) is 0 Å². The summed E-state index contributed by atoms with van der Waals surface area (Å²) in [6.45, 7) is 3.21. The summed E-state index contributed by atoms with van der Waals surface area (Å²) >= 11 is 0. The van der Waals surface area contributed by atoms with Gasteiger partial charge in [0.1, 0.15) is 11.9 Å². The van der Waals surface area contributed by atoms with E-state index in [1.165, 1.54) is 11.1 Å². The Hall–Kier alpha value is -2.67. The third-order valence-electron chi connectivity index (χ3n) is 6.44. The number of benzene rings is 3. The molecule has 3 aromatic carbocycles. The van der Waals surface area contributed by atoms with E-state index in [2.05, 4.69) is 23.1 Å². The van der Waals surface area contributed by atoms with Gasteiger partial charge in [-0.05, 0) is 54.3 Å². The van der Waals surface area contributed by atoms with Gasteiger partial charge in [-0.15, -0.1) is 0 Å². The standard InChI is InChI=1S/C25H26N2O3S/c1-18-7-13-22(14-8-18)31(28,29)27-17-24-23-6-4-3-5-19(23)15-16-26(24)25(27)20-9-11-21(30-2)12-10-20/h3-14,24-25H,15-17H2,1-2H3/t24-,25-/m1/s1. The molecule has 0 bridgehead atoms. The first-order valence-electron chi connectivity index (χ1n) is 10.5. The van der Waals surface area contributed by atoms with E-state index in [1.54, 1.807) is 23.5 Å². The molecular formula is C25H26N2O3S. The Balaban J connectivity index is 1.61. The van der Waals surface area contributed by atoms with Crippen molar-refractivity contribution in [2.24, 2.45) is 0 Å². The maximum Gasteiger partial charge on any atom is 0.244 e. The number of hydrogen-bond donors (Lipinski definition) is 0. The minimum absolute atomic E-state index is 0.0391. The predicted molar refractivity (Wildman–Crippen MR) is 120 cm³/mol. The van der Waals surface area contributed by atoms with Crippen molar-refractivity contribution in [1.29, 1.82) is 0 Å². The van der Waals surface area contributed by atoms with Crippen LogP contribution in [0.15, 0.2) is 77.7 Å². The number of fused-ring (bicyclic) bond motifs is 3. The molecule has 2 atom stereocenters. The summed E-state index contributed by atoms with van der Waals surface area (Å²) < 4.78 is 34.6. The van der Waals surface area contributed by atoms with Crippen molar-refractivity contribution >= 4 is 10.0 Å². The molecule has 3 aromatic rings. The highest BCUT2D eigenvalue weighted by Crippen LogP contribution is 2.46. The van der Waals surface area contributed by atoms with Crippen LogP contribution >= 0.6 is 0 Å². The third kappa shape index (κ3) is 3.45. The Morgan fingerprint density at radius 2 is 1.65 bits per heavy atom. The van der Waals surface area contributed by atoms with E-state index in [1.807, 2.05) is 49.4 Å². The van der Waals surface area contributed by atoms with E-state index in [9.17, 15) is 8.42 Å². The van der Waals surface area contributed by atoms with Crippen molar-refractivity contribution in [3.8, 4) is 5.75 Å². The molecule has 0 aliphatic carbocycles. The fraction of sp³-hybridized carbons (Fsp3) is 0.280. The first kappa shape index (κ1) is 20.2. The topological polar surface area (TPSA) is 49.9 Å². The molecule has 0 amide bonds. The molecule has 6 heteroatoms.